The van der Waals surface area contributed by atoms with Gasteiger partial charge in [-0.15, -0.1) is 0 Å². The molecule has 0 saturated carbocycles. The Morgan fingerprint density at radius 3 is 2.22 bits per heavy atom. The number of hydrogen-bond donors (Lipinski definition) is 2. The number of rotatable bonds is 8. The molecule has 0 atom stereocenters. The van der Waals surface area contributed by atoms with Gasteiger partial charge in [0.25, 0.3) is 5.91 Å². The molecule has 1 aliphatic carbocycles. The molecule has 0 aromatic heterocycles. The van der Waals surface area contributed by atoms with Crippen molar-refractivity contribution in [1.29, 1.82) is 0 Å². The molecule has 0 fully saturated rings. The number of fused-ring (bicyclic) bond motifs is 2. The third-order valence-corrected chi connectivity index (χ3v) is 4.97. The minimum absolute atomic E-state index is 0.105. The molecule has 0 saturated heterocycles. The summed E-state index contributed by atoms with van der Waals surface area (Å²) < 4.78 is 4.88. The Labute approximate surface area is 185 Å². The number of carbonyl (C=O) groups is 5. The number of ketones is 2. The average molecular weight is 436 g/mol. The first-order valence-electron chi connectivity index (χ1n) is 10.3. The Morgan fingerprint density at radius 2 is 1.53 bits per heavy atom. The zero-order chi connectivity index (χ0) is 23.3. The van der Waals surface area contributed by atoms with Gasteiger partial charge in [-0.25, -0.2) is 0 Å². The van der Waals surface area contributed by atoms with Crippen LogP contribution in [0.1, 0.15) is 58.5 Å². The van der Waals surface area contributed by atoms with E-state index in [2.05, 4.69) is 10.6 Å². The Kier molecular flexibility index (Phi) is 7.14. The van der Waals surface area contributed by atoms with Crippen LogP contribution < -0.4 is 10.6 Å². The third kappa shape index (κ3) is 5.26. The van der Waals surface area contributed by atoms with E-state index in [9.17, 15) is 24.0 Å². The minimum Gasteiger partial charge on any atom is -0.454 e. The molecule has 32 heavy (non-hydrogen) atoms. The van der Waals surface area contributed by atoms with Gasteiger partial charge in [0.1, 0.15) is 6.54 Å². The molecule has 0 radical (unpaired) electrons. The maximum absolute atomic E-state index is 12.9. The molecule has 2 aromatic rings. The highest BCUT2D eigenvalue weighted by atomic mass is 16.5. The molecule has 2 aromatic carbocycles. The summed E-state index contributed by atoms with van der Waals surface area (Å²) in [5, 5.41) is 4.97. The quantitative estimate of drug-likeness (QED) is 0.524. The van der Waals surface area contributed by atoms with Crippen molar-refractivity contribution in [1.82, 2.24) is 5.32 Å². The third-order valence-electron chi connectivity index (χ3n) is 4.97. The molecule has 0 heterocycles. The number of carbonyl (C=O) groups excluding carboxylic acids is 5. The van der Waals surface area contributed by atoms with E-state index in [1.54, 1.807) is 30.3 Å². The van der Waals surface area contributed by atoms with E-state index in [1.165, 1.54) is 12.1 Å². The Morgan fingerprint density at radius 1 is 0.875 bits per heavy atom. The van der Waals surface area contributed by atoms with Crippen LogP contribution in [0.4, 0.5) is 5.69 Å². The second-order valence-corrected chi connectivity index (χ2v) is 7.85. The van der Waals surface area contributed by atoms with Gasteiger partial charge in [0.05, 0.1) is 11.3 Å². The summed E-state index contributed by atoms with van der Waals surface area (Å²) in [7, 11) is 0. The van der Waals surface area contributed by atoms with Crippen molar-refractivity contribution in [3.63, 3.8) is 0 Å². The number of anilines is 1. The molecular formula is C24H24N2O6. The molecule has 0 spiro atoms. The van der Waals surface area contributed by atoms with Gasteiger partial charge in [-0.2, -0.15) is 0 Å². The average Bonchev–Trinajstić information content (AvgIpc) is 2.78. The van der Waals surface area contributed by atoms with Crippen LogP contribution in [-0.4, -0.2) is 42.5 Å². The topological polar surface area (TPSA) is 119 Å². The van der Waals surface area contributed by atoms with Crippen molar-refractivity contribution >= 4 is 35.0 Å². The maximum Gasteiger partial charge on any atom is 0.325 e. The van der Waals surface area contributed by atoms with E-state index in [1.807, 2.05) is 13.8 Å². The van der Waals surface area contributed by atoms with E-state index in [4.69, 9.17) is 4.74 Å². The molecule has 0 bridgehead atoms. The van der Waals surface area contributed by atoms with E-state index in [0.29, 0.717) is 24.3 Å². The molecule has 2 amide bonds. The molecule has 3 rings (SSSR count). The normalized spacial score (nSPS) is 12.1. The highest BCUT2D eigenvalue weighted by Crippen LogP contribution is 2.31. The monoisotopic (exact) mass is 436 g/mol. The first-order valence-corrected chi connectivity index (χ1v) is 10.3. The first-order chi connectivity index (χ1) is 15.3. The summed E-state index contributed by atoms with van der Waals surface area (Å²) in [6, 6.07) is 11.1. The summed E-state index contributed by atoms with van der Waals surface area (Å²) in [6.45, 7) is 3.05. The maximum atomic E-state index is 12.9. The van der Waals surface area contributed by atoms with E-state index in [0.717, 1.165) is 0 Å². The van der Waals surface area contributed by atoms with Crippen molar-refractivity contribution in [3.8, 4) is 0 Å². The van der Waals surface area contributed by atoms with Crippen molar-refractivity contribution in [2.24, 2.45) is 5.92 Å². The lowest BCUT2D eigenvalue weighted by Gasteiger charge is -2.20. The van der Waals surface area contributed by atoms with Crippen LogP contribution in [0, 0.1) is 5.92 Å². The number of amides is 2. The number of hydrogen-bond acceptors (Lipinski definition) is 6. The number of esters is 1. The van der Waals surface area contributed by atoms with Crippen LogP contribution in [0.5, 0.6) is 0 Å². The van der Waals surface area contributed by atoms with Crippen LogP contribution in [0.2, 0.25) is 0 Å². The zero-order valence-corrected chi connectivity index (χ0v) is 17.9. The second kappa shape index (κ2) is 10.00. The summed E-state index contributed by atoms with van der Waals surface area (Å²) in [4.78, 5) is 61.4. The predicted octanol–water partition coefficient (Wildman–Crippen LogP) is 2.50. The smallest absolute Gasteiger partial charge is 0.325 e. The first kappa shape index (κ1) is 22.9. The van der Waals surface area contributed by atoms with Crippen LogP contribution in [0.25, 0.3) is 0 Å². The SMILES string of the molecule is CC(C)CCC(=O)NCC(=O)OCC(=O)Nc1cccc2c1C(=O)c1ccccc1C2=O. The van der Waals surface area contributed by atoms with E-state index in [-0.39, 0.29) is 46.4 Å². The number of ether oxygens (including phenoxy) is 1. The van der Waals surface area contributed by atoms with Gasteiger partial charge in [0.15, 0.2) is 18.2 Å². The largest absolute Gasteiger partial charge is 0.454 e. The highest BCUT2D eigenvalue weighted by Gasteiger charge is 2.31. The van der Waals surface area contributed by atoms with Crippen molar-refractivity contribution in [2.75, 3.05) is 18.5 Å². The van der Waals surface area contributed by atoms with Crippen molar-refractivity contribution < 1.29 is 28.7 Å². The van der Waals surface area contributed by atoms with Gasteiger partial charge in [0.2, 0.25) is 5.91 Å². The van der Waals surface area contributed by atoms with Crippen molar-refractivity contribution in [2.45, 2.75) is 26.7 Å². The van der Waals surface area contributed by atoms with Crippen LogP contribution in [-0.2, 0) is 19.1 Å². The molecule has 8 heteroatoms. The fourth-order valence-electron chi connectivity index (χ4n) is 3.31. The highest BCUT2D eigenvalue weighted by molar-refractivity contribution is 6.30. The lowest BCUT2D eigenvalue weighted by molar-refractivity contribution is -0.147. The van der Waals surface area contributed by atoms with Gasteiger partial charge in [-0.05, 0) is 18.4 Å². The number of benzene rings is 2. The molecule has 0 unspecified atom stereocenters. The molecule has 0 aliphatic heterocycles. The fourth-order valence-corrected chi connectivity index (χ4v) is 3.31. The van der Waals surface area contributed by atoms with Gasteiger partial charge < -0.3 is 15.4 Å². The van der Waals surface area contributed by atoms with E-state index >= 15 is 0 Å². The standard InChI is InChI=1S/C24H24N2O6/c1-14(2)10-11-19(27)25-12-21(29)32-13-20(28)26-18-9-5-8-17-22(18)24(31)16-7-4-3-6-15(16)23(17)30/h3-9,14H,10-13H2,1-2H3,(H,25,27)(H,26,28). The van der Waals surface area contributed by atoms with Crippen LogP contribution >= 0.6 is 0 Å². The summed E-state index contributed by atoms with van der Waals surface area (Å²) in [5.74, 6) is -1.99. The second-order valence-electron chi connectivity index (χ2n) is 7.85. The number of nitrogens with one attached hydrogen (secondary N) is 2. The summed E-state index contributed by atoms with van der Waals surface area (Å²) in [5.41, 5.74) is 1.06. The van der Waals surface area contributed by atoms with Crippen LogP contribution in [0.15, 0.2) is 42.5 Å². The molecule has 166 valence electrons. The van der Waals surface area contributed by atoms with Crippen LogP contribution in [0.3, 0.4) is 0 Å². The molecule has 1 aliphatic rings. The molecular weight excluding hydrogens is 412 g/mol. The van der Waals surface area contributed by atoms with Crippen molar-refractivity contribution in [3.05, 3.63) is 64.7 Å². The zero-order valence-electron chi connectivity index (χ0n) is 17.9. The predicted molar refractivity (Wildman–Crippen MR) is 116 cm³/mol. The summed E-state index contributed by atoms with van der Waals surface area (Å²) in [6.07, 6.45) is 1.01. The van der Waals surface area contributed by atoms with Gasteiger partial charge in [-0.1, -0.05) is 50.2 Å². The molecule has 8 nitrogen and oxygen atoms in total. The van der Waals surface area contributed by atoms with E-state index < -0.39 is 18.5 Å². The fraction of sp³-hybridized carbons (Fsp3) is 0.292. The lowest BCUT2D eigenvalue weighted by Crippen LogP contribution is -2.32. The van der Waals surface area contributed by atoms with Gasteiger partial charge in [-0.3, -0.25) is 24.0 Å². The Bertz CT molecular complexity index is 1090. The summed E-state index contributed by atoms with van der Waals surface area (Å²) >= 11 is 0. The minimum atomic E-state index is -0.756. The molecule has 2 N–H and O–H groups in total. The lowest BCUT2D eigenvalue weighted by atomic mass is 9.83. The van der Waals surface area contributed by atoms with Gasteiger partial charge in [0, 0.05) is 23.1 Å². The Balaban J connectivity index is 1.59. The Hall–Kier alpha value is -3.81. The van der Waals surface area contributed by atoms with Gasteiger partial charge >= 0.3 is 5.97 Å².